The van der Waals surface area contributed by atoms with Gasteiger partial charge in [-0.25, -0.2) is 4.98 Å². The van der Waals surface area contributed by atoms with E-state index in [-0.39, 0.29) is 17.9 Å². The predicted molar refractivity (Wildman–Crippen MR) is 82.1 cm³/mol. The number of hydrogen-bond donors (Lipinski definition) is 2. The zero-order valence-corrected chi connectivity index (χ0v) is 12.7. The number of thiazole rings is 1. The number of hydrogen-bond acceptors (Lipinski definition) is 4. The standard InChI is InChI=1S/C15H20N2O2S/c1-15(2,10-18)8-5-9-16-13(19)14-17-11-6-3-4-7-12(11)20-14/h3-4,6-7,18H,5,8-10H2,1-2H3,(H,16,19). The van der Waals surface area contributed by atoms with E-state index in [1.807, 2.05) is 38.1 Å². The summed E-state index contributed by atoms with van der Waals surface area (Å²) in [6.45, 7) is 4.81. The normalized spacial score (nSPS) is 11.8. The van der Waals surface area contributed by atoms with Crippen LogP contribution in [0.1, 0.15) is 36.5 Å². The average Bonchev–Trinajstić information content (AvgIpc) is 2.87. The van der Waals surface area contributed by atoms with Gasteiger partial charge in [-0.3, -0.25) is 4.79 Å². The summed E-state index contributed by atoms with van der Waals surface area (Å²) in [5.74, 6) is -0.118. The molecule has 0 radical (unpaired) electrons. The topological polar surface area (TPSA) is 62.2 Å². The maximum atomic E-state index is 12.0. The number of aliphatic hydroxyl groups excluding tert-OH is 1. The van der Waals surface area contributed by atoms with Crippen LogP contribution in [0.5, 0.6) is 0 Å². The molecule has 4 nitrogen and oxygen atoms in total. The highest BCUT2D eigenvalue weighted by Crippen LogP contribution is 2.22. The molecule has 2 N–H and O–H groups in total. The van der Waals surface area contributed by atoms with Crippen LogP contribution in [0.4, 0.5) is 0 Å². The fraction of sp³-hybridized carbons (Fsp3) is 0.467. The lowest BCUT2D eigenvalue weighted by atomic mass is 9.89. The van der Waals surface area contributed by atoms with Crippen LogP contribution >= 0.6 is 11.3 Å². The molecule has 0 aliphatic carbocycles. The number of amides is 1. The molecular formula is C15H20N2O2S. The van der Waals surface area contributed by atoms with Crippen LogP contribution in [0.3, 0.4) is 0 Å². The van der Waals surface area contributed by atoms with Crippen molar-refractivity contribution in [2.45, 2.75) is 26.7 Å². The zero-order valence-electron chi connectivity index (χ0n) is 11.8. The highest BCUT2D eigenvalue weighted by Gasteiger charge is 2.16. The Hall–Kier alpha value is -1.46. The molecule has 0 saturated carbocycles. The number of nitrogens with zero attached hydrogens (tertiary/aromatic N) is 1. The van der Waals surface area contributed by atoms with Gasteiger partial charge in [-0.2, -0.15) is 0 Å². The summed E-state index contributed by atoms with van der Waals surface area (Å²) in [6.07, 6.45) is 1.73. The van der Waals surface area contributed by atoms with E-state index in [1.54, 1.807) is 0 Å². The van der Waals surface area contributed by atoms with Crippen LogP contribution in [-0.4, -0.2) is 29.1 Å². The van der Waals surface area contributed by atoms with Crippen molar-refractivity contribution >= 4 is 27.5 Å². The number of carbonyl (C=O) groups is 1. The van der Waals surface area contributed by atoms with Crippen molar-refractivity contribution in [3.63, 3.8) is 0 Å². The maximum Gasteiger partial charge on any atom is 0.280 e. The van der Waals surface area contributed by atoms with Crippen molar-refractivity contribution in [1.82, 2.24) is 10.3 Å². The van der Waals surface area contributed by atoms with E-state index in [0.29, 0.717) is 11.6 Å². The summed E-state index contributed by atoms with van der Waals surface area (Å²) < 4.78 is 1.03. The lowest BCUT2D eigenvalue weighted by Gasteiger charge is -2.21. The average molecular weight is 292 g/mol. The number of carbonyl (C=O) groups excluding carboxylic acids is 1. The number of aromatic nitrogens is 1. The minimum atomic E-state index is -0.118. The first-order valence-electron chi connectivity index (χ1n) is 6.76. The molecule has 0 fully saturated rings. The van der Waals surface area contributed by atoms with Gasteiger partial charge in [0.1, 0.15) is 0 Å². The quantitative estimate of drug-likeness (QED) is 0.805. The molecule has 108 valence electrons. The fourth-order valence-electron chi connectivity index (χ4n) is 1.89. The van der Waals surface area contributed by atoms with E-state index in [9.17, 15) is 4.79 Å². The van der Waals surface area contributed by atoms with Gasteiger partial charge in [-0.1, -0.05) is 26.0 Å². The highest BCUT2D eigenvalue weighted by molar-refractivity contribution is 7.20. The third-order valence-electron chi connectivity index (χ3n) is 3.23. The Morgan fingerprint density at radius 3 is 2.85 bits per heavy atom. The third kappa shape index (κ3) is 3.77. The molecule has 0 saturated heterocycles. The van der Waals surface area contributed by atoms with Gasteiger partial charge in [-0.05, 0) is 30.4 Å². The van der Waals surface area contributed by atoms with Gasteiger partial charge in [0.05, 0.1) is 10.2 Å². The molecule has 1 aromatic carbocycles. The van der Waals surface area contributed by atoms with Gasteiger partial charge >= 0.3 is 0 Å². The minimum absolute atomic E-state index is 0.0827. The molecule has 1 amide bonds. The third-order valence-corrected chi connectivity index (χ3v) is 4.27. The van der Waals surface area contributed by atoms with Crippen molar-refractivity contribution in [3.05, 3.63) is 29.3 Å². The van der Waals surface area contributed by atoms with Crippen molar-refractivity contribution in [1.29, 1.82) is 0 Å². The van der Waals surface area contributed by atoms with Crippen LogP contribution in [-0.2, 0) is 0 Å². The molecule has 0 spiro atoms. The van der Waals surface area contributed by atoms with Crippen molar-refractivity contribution in [3.8, 4) is 0 Å². The maximum absolute atomic E-state index is 12.0. The molecule has 0 bridgehead atoms. The summed E-state index contributed by atoms with van der Waals surface area (Å²) in [4.78, 5) is 16.3. The van der Waals surface area contributed by atoms with Gasteiger partial charge in [0.2, 0.25) is 0 Å². The Bertz CT molecular complexity index is 559. The second kappa shape index (κ2) is 6.33. The van der Waals surface area contributed by atoms with Crippen molar-refractivity contribution < 1.29 is 9.90 Å². The Kier molecular flexibility index (Phi) is 4.73. The largest absolute Gasteiger partial charge is 0.396 e. The van der Waals surface area contributed by atoms with Gasteiger partial charge < -0.3 is 10.4 Å². The number of fused-ring (bicyclic) bond motifs is 1. The number of benzene rings is 1. The summed E-state index contributed by atoms with van der Waals surface area (Å²) in [5, 5.41) is 12.6. The summed E-state index contributed by atoms with van der Waals surface area (Å²) in [6, 6.07) is 7.74. The van der Waals surface area contributed by atoms with E-state index in [4.69, 9.17) is 5.11 Å². The van der Waals surface area contributed by atoms with Crippen LogP contribution in [0.25, 0.3) is 10.2 Å². The number of para-hydroxylation sites is 1. The van der Waals surface area contributed by atoms with Crippen LogP contribution in [0.15, 0.2) is 24.3 Å². The molecular weight excluding hydrogens is 272 g/mol. The first-order chi connectivity index (χ1) is 9.52. The molecule has 0 atom stereocenters. The first-order valence-corrected chi connectivity index (χ1v) is 7.58. The lowest BCUT2D eigenvalue weighted by Crippen LogP contribution is -2.26. The van der Waals surface area contributed by atoms with E-state index in [0.717, 1.165) is 23.1 Å². The van der Waals surface area contributed by atoms with Crippen molar-refractivity contribution in [2.24, 2.45) is 5.41 Å². The molecule has 0 aliphatic rings. The highest BCUT2D eigenvalue weighted by atomic mass is 32.1. The molecule has 2 rings (SSSR count). The Labute approximate surface area is 122 Å². The summed E-state index contributed by atoms with van der Waals surface area (Å²) >= 11 is 1.41. The second-order valence-corrected chi connectivity index (χ2v) is 6.70. The minimum Gasteiger partial charge on any atom is -0.396 e. The molecule has 1 aromatic heterocycles. The Morgan fingerprint density at radius 2 is 2.15 bits per heavy atom. The fourth-order valence-corrected chi connectivity index (χ4v) is 2.77. The van der Waals surface area contributed by atoms with Gasteiger partial charge in [0, 0.05) is 13.2 Å². The van der Waals surface area contributed by atoms with Gasteiger partial charge in [0.15, 0.2) is 5.01 Å². The van der Waals surface area contributed by atoms with E-state index in [1.165, 1.54) is 11.3 Å². The predicted octanol–water partition coefficient (Wildman–Crippen LogP) is 2.82. The Morgan fingerprint density at radius 1 is 1.40 bits per heavy atom. The van der Waals surface area contributed by atoms with Crippen molar-refractivity contribution in [2.75, 3.05) is 13.2 Å². The van der Waals surface area contributed by atoms with Crippen LogP contribution in [0.2, 0.25) is 0 Å². The Balaban J connectivity index is 1.86. The molecule has 0 unspecified atom stereocenters. The van der Waals surface area contributed by atoms with E-state index >= 15 is 0 Å². The monoisotopic (exact) mass is 292 g/mol. The SMILES string of the molecule is CC(C)(CO)CCCNC(=O)c1nc2ccccc2s1. The molecule has 5 heteroatoms. The second-order valence-electron chi connectivity index (χ2n) is 5.67. The van der Waals surface area contributed by atoms with Crippen LogP contribution in [0, 0.1) is 5.41 Å². The molecule has 1 heterocycles. The molecule has 0 aliphatic heterocycles. The number of nitrogens with one attached hydrogen (secondary N) is 1. The van der Waals surface area contributed by atoms with Gasteiger partial charge in [-0.15, -0.1) is 11.3 Å². The molecule has 2 aromatic rings. The zero-order chi connectivity index (χ0) is 14.6. The van der Waals surface area contributed by atoms with E-state index in [2.05, 4.69) is 10.3 Å². The number of rotatable bonds is 6. The number of aliphatic hydroxyl groups is 1. The smallest absolute Gasteiger partial charge is 0.280 e. The molecule has 20 heavy (non-hydrogen) atoms. The first kappa shape index (κ1) is 14.9. The van der Waals surface area contributed by atoms with Crippen LogP contribution < -0.4 is 5.32 Å². The lowest BCUT2D eigenvalue weighted by molar-refractivity contribution is 0.0948. The summed E-state index contributed by atoms with van der Waals surface area (Å²) in [7, 11) is 0. The van der Waals surface area contributed by atoms with E-state index < -0.39 is 0 Å². The summed E-state index contributed by atoms with van der Waals surface area (Å²) in [5.41, 5.74) is 0.782. The van der Waals surface area contributed by atoms with Gasteiger partial charge in [0.25, 0.3) is 5.91 Å².